The van der Waals surface area contributed by atoms with Crippen molar-refractivity contribution in [3.8, 4) is 39.2 Å². The zero-order valence-corrected chi connectivity index (χ0v) is 36.8. The van der Waals surface area contributed by atoms with Gasteiger partial charge in [0.15, 0.2) is 0 Å². The number of nitrogens with zero attached hydrogens (tertiary/aromatic N) is 1. The van der Waals surface area contributed by atoms with Crippen molar-refractivity contribution in [1.82, 2.24) is 4.57 Å². The highest BCUT2D eigenvalue weighted by molar-refractivity contribution is 6.26. The van der Waals surface area contributed by atoms with Gasteiger partial charge < -0.3 is 4.57 Å². The van der Waals surface area contributed by atoms with E-state index in [2.05, 4.69) is 234 Å². The molecule has 63 heavy (non-hydrogen) atoms. The van der Waals surface area contributed by atoms with Crippen LogP contribution in [0.2, 0.25) is 0 Å². The third-order valence-corrected chi connectivity index (χ3v) is 13.7. The predicted molar refractivity (Wildman–Crippen MR) is 273 cm³/mol. The largest absolute Gasteiger partial charge is 0.307 e. The molecule has 12 rings (SSSR count). The van der Waals surface area contributed by atoms with E-state index < -0.39 is 0 Å². The lowest BCUT2D eigenvalue weighted by molar-refractivity contribution is 0.593. The zero-order valence-electron chi connectivity index (χ0n) is 36.8. The highest BCUT2D eigenvalue weighted by Gasteiger charge is 2.29. The maximum Gasteiger partial charge on any atom is 0.0620 e. The summed E-state index contributed by atoms with van der Waals surface area (Å²) >= 11 is 0. The van der Waals surface area contributed by atoms with Crippen molar-refractivity contribution in [2.75, 3.05) is 0 Å². The number of hydrogen-bond acceptors (Lipinski definition) is 0. The van der Waals surface area contributed by atoms with Gasteiger partial charge in [-0.1, -0.05) is 217 Å². The molecule has 0 bridgehead atoms. The van der Waals surface area contributed by atoms with Gasteiger partial charge in [0.2, 0.25) is 0 Å². The smallest absolute Gasteiger partial charge is 0.0620 e. The Kier molecular flexibility index (Phi) is 8.13. The van der Waals surface area contributed by atoms with Crippen LogP contribution in [0.4, 0.5) is 0 Å². The Morgan fingerprint density at radius 2 is 0.841 bits per heavy atom. The van der Waals surface area contributed by atoms with E-state index in [1.165, 1.54) is 126 Å². The molecule has 0 amide bonds. The van der Waals surface area contributed by atoms with E-state index in [4.69, 9.17) is 0 Å². The van der Waals surface area contributed by atoms with Gasteiger partial charge in [0, 0.05) is 21.7 Å². The lowest BCUT2D eigenvalue weighted by atomic mass is 9.73. The van der Waals surface area contributed by atoms with Crippen LogP contribution in [0.3, 0.4) is 0 Å². The number of rotatable bonds is 4. The van der Waals surface area contributed by atoms with Crippen LogP contribution < -0.4 is 0 Å². The van der Waals surface area contributed by atoms with Gasteiger partial charge in [0.05, 0.1) is 16.9 Å². The van der Waals surface area contributed by atoms with Gasteiger partial charge in [-0.15, -0.1) is 0 Å². The number of hydrogen-bond donors (Lipinski definition) is 0. The summed E-state index contributed by atoms with van der Waals surface area (Å²) in [6.45, 7) is 14.2. The highest BCUT2D eigenvalue weighted by atomic mass is 15.0. The molecule has 0 aliphatic heterocycles. The predicted octanol–water partition coefficient (Wildman–Crippen LogP) is 17.6. The van der Waals surface area contributed by atoms with Crippen molar-refractivity contribution in [1.29, 1.82) is 0 Å². The molecule has 1 heterocycles. The molecule has 0 radical (unpaired) electrons. The Morgan fingerprint density at radius 1 is 0.333 bits per heavy atom. The van der Waals surface area contributed by atoms with E-state index in [9.17, 15) is 0 Å². The van der Waals surface area contributed by atoms with Crippen molar-refractivity contribution in [3.05, 3.63) is 199 Å². The summed E-state index contributed by atoms with van der Waals surface area (Å²) in [5.74, 6) is 0. The molecule has 0 aliphatic rings. The molecule has 0 saturated heterocycles. The van der Waals surface area contributed by atoms with Gasteiger partial charge in [-0.3, -0.25) is 0 Å². The molecular weight excluding hydrogens is 759 g/mol. The minimum atomic E-state index is -0.0685. The van der Waals surface area contributed by atoms with Crippen LogP contribution in [0.15, 0.2) is 188 Å². The fourth-order valence-corrected chi connectivity index (χ4v) is 11.3. The fourth-order valence-electron chi connectivity index (χ4n) is 11.3. The molecule has 0 spiro atoms. The first-order chi connectivity index (χ1) is 30.6. The molecule has 1 aromatic heterocycles. The van der Waals surface area contributed by atoms with Crippen LogP contribution in [-0.4, -0.2) is 4.57 Å². The van der Waals surface area contributed by atoms with E-state index in [1.807, 2.05) is 0 Å². The zero-order chi connectivity index (χ0) is 42.8. The lowest BCUT2D eigenvalue weighted by Gasteiger charge is -2.30. The molecule has 0 atom stereocenters. The van der Waals surface area contributed by atoms with Crippen molar-refractivity contribution in [3.63, 3.8) is 0 Å². The van der Waals surface area contributed by atoms with Crippen molar-refractivity contribution < 1.29 is 0 Å². The Balaban J connectivity index is 1.22. The molecule has 0 saturated carbocycles. The van der Waals surface area contributed by atoms with Crippen molar-refractivity contribution in [2.45, 2.75) is 52.4 Å². The van der Waals surface area contributed by atoms with Crippen molar-refractivity contribution in [2.24, 2.45) is 0 Å². The van der Waals surface area contributed by atoms with E-state index in [-0.39, 0.29) is 10.8 Å². The minimum Gasteiger partial charge on any atom is -0.307 e. The third kappa shape index (κ3) is 5.62. The molecule has 0 N–H and O–H groups in total. The summed E-state index contributed by atoms with van der Waals surface area (Å²) in [5.41, 5.74) is 12.5. The maximum atomic E-state index is 2.60. The Hall–Kier alpha value is -7.22. The molecule has 12 aromatic rings. The summed E-state index contributed by atoms with van der Waals surface area (Å²) in [7, 11) is 0. The second-order valence-corrected chi connectivity index (χ2v) is 19.7. The minimum absolute atomic E-state index is 0.0374. The number of aromatic nitrogens is 1. The summed E-state index contributed by atoms with van der Waals surface area (Å²) in [6.07, 6.45) is 0. The van der Waals surface area contributed by atoms with Crippen LogP contribution in [0.1, 0.15) is 52.7 Å². The van der Waals surface area contributed by atoms with Gasteiger partial charge in [-0.2, -0.15) is 0 Å². The van der Waals surface area contributed by atoms with Crippen LogP contribution in [0.5, 0.6) is 0 Å². The van der Waals surface area contributed by atoms with Crippen LogP contribution in [0.25, 0.3) is 115 Å². The Bertz CT molecular complexity index is 3760. The third-order valence-electron chi connectivity index (χ3n) is 13.7. The molecule has 1 nitrogen and oxygen atoms in total. The van der Waals surface area contributed by atoms with Crippen LogP contribution in [0, 0.1) is 0 Å². The highest BCUT2D eigenvalue weighted by Crippen LogP contribution is 2.50. The standard InChI is InChI=1S/C62H49N/c1-61(2,3)57-46-23-13-14-24-47(46)58(62(4,5)6)52-37-43(30-32-48(52)57)44-25-16-26-49-45(44)34-35-51-56(38-17-9-7-10-18-38)59(42-19-11-8-12-20-42)63(60(49)51)53-36-31-41-28-27-39-21-15-22-40-29-33-50(53)55(41)54(39)40/h7-37H,1-6H3. The summed E-state index contributed by atoms with van der Waals surface area (Å²) in [4.78, 5) is 0. The monoisotopic (exact) mass is 807 g/mol. The maximum absolute atomic E-state index is 2.60. The lowest BCUT2D eigenvalue weighted by Crippen LogP contribution is -2.17. The summed E-state index contributed by atoms with van der Waals surface area (Å²) in [5, 5.41) is 16.8. The Morgan fingerprint density at radius 3 is 1.52 bits per heavy atom. The van der Waals surface area contributed by atoms with Crippen molar-refractivity contribution >= 4 is 75.5 Å². The van der Waals surface area contributed by atoms with E-state index in [0.717, 1.165) is 0 Å². The topological polar surface area (TPSA) is 4.93 Å². The average molecular weight is 808 g/mol. The second kappa shape index (κ2) is 13.6. The normalized spacial score (nSPS) is 12.6. The van der Waals surface area contributed by atoms with E-state index in [1.54, 1.807) is 0 Å². The second-order valence-electron chi connectivity index (χ2n) is 19.7. The van der Waals surface area contributed by atoms with E-state index in [0.29, 0.717) is 0 Å². The first-order valence-electron chi connectivity index (χ1n) is 22.4. The molecule has 0 fully saturated rings. The number of fused-ring (bicyclic) bond motifs is 5. The first kappa shape index (κ1) is 37.5. The van der Waals surface area contributed by atoms with Gasteiger partial charge in [-0.05, 0) is 110 Å². The Labute approximate surface area is 369 Å². The van der Waals surface area contributed by atoms with Crippen LogP contribution >= 0.6 is 0 Å². The molecule has 1 heteroatoms. The number of benzene rings is 11. The fraction of sp³-hybridized carbons (Fsp3) is 0.129. The average Bonchev–Trinajstić information content (AvgIpc) is 3.65. The summed E-state index contributed by atoms with van der Waals surface area (Å²) in [6, 6.07) is 70.8. The molecule has 11 aromatic carbocycles. The van der Waals surface area contributed by atoms with E-state index >= 15 is 0 Å². The first-order valence-corrected chi connectivity index (χ1v) is 22.4. The molecular formula is C62H49N. The molecule has 0 unspecified atom stereocenters. The van der Waals surface area contributed by atoms with Gasteiger partial charge >= 0.3 is 0 Å². The molecule has 302 valence electrons. The molecule has 0 aliphatic carbocycles. The SMILES string of the molecule is CC(C)(C)c1c2ccccc2c(C(C)(C)C)c2cc(-c3cccc4c3ccc3c(-c5ccccc5)c(-c5ccccc5)n(-c5ccc6ccc7cccc8ccc5c6c78)c34)ccc12. The quantitative estimate of drug-likeness (QED) is 0.123. The summed E-state index contributed by atoms with van der Waals surface area (Å²) < 4.78 is 2.60. The van der Waals surface area contributed by atoms with Gasteiger partial charge in [-0.25, -0.2) is 0 Å². The van der Waals surface area contributed by atoms with Gasteiger partial charge in [0.25, 0.3) is 0 Å². The van der Waals surface area contributed by atoms with Crippen LogP contribution in [-0.2, 0) is 10.8 Å². The van der Waals surface area contributed by atoms with Gasteiger partial charge in [0.1, 0.15) is 0 Å².